The molecule has 3 N–H and O–H groups in total. The molecule has 26 heavy (non-hydrogen) atoms. The van der Waals surface area contributed by atoms with Crippen LogP contribution in [-0.2, 0) is 24.4 Å². The van der Waals surface area contributed by atoms with Gasteiger partial charge in [0.25, 0.3) is 5.91 Å². The molecule has 0 radical (unpaired) electrons. The first kappa shape index (κ1) is 24.6. The number of alkyl halides is 5. The molecule has 0 saturated carbocycles. The van der Waals surface area contributed by atoms with Gasteiger partial charge in [0, 0.05) is 6.54 Å². The zero-order valence-corrected chi connectivity index (χ0v) is 13.8. The van der Waals surface area contributed by atoms with Crippen molar-refractivity contribution in [3.05, 3.63) is 12.4 Å². The standard InChI is InChI=1S/C11H15F6NO7S/c1-3-18-8(20)10(11(15,16)17,25-7(19)6(2)12)24-5-4-9(13,14)26(21,22)23/h7,19H,2-5H2,1H3,(H,18,20)(H,21,22,23). The average Bonchev–Trinajstić information content (AvgIpc) is 2.43. The fourth-order valence-electron chi connectivity index (χ4n) is 1.37. The van der Waals surface area contributed by atoms with Gasteiger partial charge in [-0.1, -0.05) is 6.58 Å². The number of halogens is 6. The maximum Gasteiger partial charge on any atom is 0.453 e. The molecule has 0 rings (SSSR count). The van der Waals surface area contributed by atoms with E-state index >= 15 is 0 Å². The lowest BCUT2D eigenvalue weighted by atomic mass is 10.2. The van der Waals surface area contributed by atoms with E-state index in [1.54, 1.807) is 5.32 Å². The van der Waals surface area contributed by atoms with Crippen molar-refractivity contribution in [2.75, 3.05) is 13.2 Å². The van der Waals surface area contributed by atoms with Gasteiger partial charge >= 0.3 is 27.3 Å². The molecule has 0 aliphatic rings. The summed E-state index contributed by atoms with van der Waals surface area (Å²) >= 11 is 0. The first-order chi connectivity index (χ1) is 11.5. The van der Waals surface area contributed by atoms with Crippen LogP contribution in [0.4, 0.5) is 26.3 Å². The summed E-state index contributed by atoms with van der Waals surface area (Å²) in [5, 5.41) is 5.77. The van der Waals surface area contributed by atoms with Crippen molar-refractivity contribution in [2.24, 2.45) is 0 Å². The molecule has 0 aromatic rings. The number of aliphatic hydroxyl groups excluding tert-OH is 1. The number of carbonyl (C=O) groups excluding carboxylic acids is 1. The van der Waals surface area contributed by atoms with E-state index in [-0.39, 0.29) is 0 Å². The normalized spacial score (nSPS) is 16.7. The Labute approximate surface area is 143 Å². The zero-order chi connectivity index (χ0) is 21.0. The van der Waals surface area contributed by atoms with Crippen molar-refractivity contribution in [1.29, 1.82) is 0 Å². The maximum atomic E-state index is 13.3. The van der Waals surface area contributed by atoms with Crippen LogP contribution in [0, 0.1) is 0 Å². The molecule has 0 aliphatic heterocycles. The SMILES string of the molecule is C=C(F)C(O)OC(OCCC(F)(F)S(=O)(=O)O)(C(=O)NCC)C(F)(F)F. The van der Waals surface area contributed by atoms with Crippen LogP contribution < -0.4 is 5.32 Å². The zero-order valence-electron chi connectivity index (χ0n) is 13.0. The molecule has 1 amide bonds. The minimum absolute atomic E-state index is 0.433. The van der Waals surface area contributed by atoms with Crippen molar-refractivity contribution < 1.29 is 58.7 Å². The average molecular weight is 419 g/mol. The van der Waals surface area contributed by atoms with Crippen LogP contribution in [-0.4, -0.2) is 60.6 Å². The summed E-state index contributed by atoms with van der Waals surface area (Å²) in [6, 6.07) is 0. The molecule has 8 nitrogen and oxygen atoms in total. The highest BCUT2D eigenvalue weighted by atomic mass is 32.2. The molecule has 2 unspecified atom stereocenters. The lowest BCUT2D eigenvalue weighted by Gasteiger charge is -2.35. The second-order valence-corrected chi connectivity index (χ2v) is 6.15. The number of hydrogen-bond donors (Lipinski definition) is 3. The molecule has 0 spiro atoms. The molecule has 0 heterocycles. The Morgan fingerprint density at radius 2 is 1.77 bits per heavy atom. The predicted octanol–water partition coefficient (Wildman–Crippen LogP) is 1.09. The number of carbonyl (C=O) groups is 1. The van der Waals surface area contributed by atoms with Gasteiger partial charge in [-0.25, -0.2) is 4.39 Å². The van der Waals surface area contributed by atoms with Gasteiger partial charge in [-0.05, 0) is 6.92 Å². The number of rotatable bonds is 10. The Bertz CT molecular complexity index is 623. The molecule has 154 valence electrons. The molecular weight excluding hydrogens is 404 g/mol. The Morgan fingerprint density at radius 3 is 2.12 bits per heavy atom. The highest BCUT2D eigenvalue weighted by molar-refractivity contribution is 7.86. The minimum atomic E-state index is -5.98. The van der Waals surface area contributed by atoms with Gasteiger partial charge in [0.1, 0.15) is 5.83 Å². The van der Waals surface area contributed by atoms with Gasteiger partial charge in [0.15, 0.2) is 0 Å². The van der Waals surface area contributed by atoms with Crippen LogP contribution in [0.15, 0.2) is 12.4 Å². The van der Waals surface area contributed by atoms with E-state index in [1.165, 1.54) is 0 Å². The fraction of sp³-hybridized carbons (Fsp3) is 0.727. The summed E-state index contributed by atoms with van der Waals surface area (Å²) in [6.45, 7) is 1.38. The summed E-state index contributed by atoms with van der Waals surface area (Å²) in [4.78, 5) is 11.7. The number of amides is 1. The van der Waals surface area contributed by atoms with Gasteiger partial charge < -0.3 is 15.2 Å². The van der Waals surface area contributed by atoms with Crippen LogP contribution in [0.3, 0.4) is 0 Å². The number of likely N-dealkylation sites (N-methyl/N-ethyl adjacent to an activating group) is 1. The third-order valence-corrected chi connectivity index (χ3v) is 3.59. The molecule has 0 aliphatic carbocycles. The highest BCUT2D eigenvalue weighted by Gasteiger charge is 2.65. The van der Waals surface area contributed by atoms with Gasteiger partial charge in [-0.2, -0.15) is 30.4 Å². The predicted molar refractivity (Wildman–Crippen MR) is 71.9 cm³/mol. The van der Waals surface area contributed by atoms with Crippen LogP contribution in [0.1, 0.15) is 13.3 Å². The van der Waals surface area contributed by atoms with Crippen LogP contribution in [0.5, 0.6) is 0 Å². The van der Waals surface area contributed by atoms with E-state index in [9.17, 15) is 39.6 Å². The van der Waals surface area contributed by atoms with Crippen molar-refractivity contribution in [3.8, 4) is 0 Å². The second kappa shape index (κ2) is 8.51. The van der Waals surface area contributed by atoms with Gasteiger partial charge in [-0.3, -0.25) is 14.1 Å². The fourth-order valence-corrected chi connectivity index (χ4v) is 1.71. The van der Waals surface area contributed by atoms with Gasteiger partial charge in [0.2, 0.25) is 6.29 Å². The molecule has 0 fully saturated rings. The van der Waals surface area contributed by atoms with E-state index in [1.807, 2.05) is 0 Å². The van der Waals surface area contributed by atoms with Crippen LogP contribution in [0.2, 0.25) is 0 Å². The quantitative estimate of drug-likeness (QED) is 0.275. The molecule has 0 bridgehead atoms. The summed E-state index contributed by atoms with van der Waals surface area (Å²) in [7, 11) is -5.98. The Kier molecular flexibility index (Phi) is 8.05. The molecular formula is C11H15F6NO7S. The summed E-state index contributed by atoms with van der Waals surface area (Å²) in [5.41, 5.74) is 0. The van der Waals surface area contributed by atoms with E-state index < -0.39 is 64.9 Å². The Balaban J connectivity index is 5.75. The largest absolute Gasteiger partial charge is 0.453 e. The number of hydrogen-bond acceptors (Lipinski definition) is 6. The molecule has 15 heteroatoms. The third-order valence-electron chi connectivity index (χ3n) is 2.63. The number of ether oxygens (including phenoxy) is 2. The topological polar surface area (TPSA) is 122 Å². The second-order valence-electron chi connectivity index (χ2n) is 4.60. The van der Waals surface area contributed by atoms with Crippen molar-refractivity contribution >= 4 is 16.0 Å². The molecule has 0 aromatic heterocycles. The van der Waals surface area contributed by atoms with E-state index in [2.05, 4.69) is 16.1 Å². The smallest absolute Gasteiger partial charge is 0.362 e. The van der Waals surface area contributed by atoms with Gasteiger partial charge in [-0.15, -0.1) is 0 Å². The van der Waals surface area contributed by atoms with Gasteiger partial charge in [0.05, 0.1) is 13.0 Å². The first-order valence-electron chi connectivity index (χ1n) is 6.56. The monoisotopic (exact) mass is 419 g/mol. The highest BCUT2D eigenvalue weighted by Crippen LogP contribution is 2.38. The van der Waals surface area contributed by atoms with Crippen molar-refractivity contribution in [1.82, 2.24) is 5.32 Å². The van der Waals surface area contributed by atoms with E-state index in [4.69, 9.17) is 9.66 Å². The van der Waals surface area contributed by atoms with E-state index in [0.29, 0.717) is 0 Å². The summed E-state index contributed by atoms with van der Waals surface area (Å²) in [6.07, 6.45) is -10.9. The molecule has 0 aromatic carbocycles. The lowest BCUT2D eigenvalue weighted by molar-refractivity contribution is -0.386. The van der Waals surface area contributed by atoms with E-state index in [0.717, 1.165) is 6.92 Å². The maximum absolute atomic E-state index is 13.3. The van der Waals surface area contributed by atoms with Crippen LogP contribution in [0.25, 0.3) is 0 Å². The third kappa shape index (κ3) is 5.80. The first-order valence-corrected chi connectivity index (χ1v) is 8.00. The minimum Gasteiger partial charge on any atom is -0.362 e. The summed E-state index contributed by atoms with van der Waals surface area (Å²) in [5.74, 6) is -8.47. The van der Waals surface area contributed by atoms with Crippen LogP contribution >= 0.6 is 0 Å². The lowest BCUT2D eigenvalue weighted by Crippen LogP contribution is -2.62. The van der Waals surface area contributed by atoms with Crippen molar-refractivity contribution in [3.63, 3.8) is 0 Å². The van der Waals surface area contributed by atoms with Crippen molar-refractivity contribution in [2.45, 2.75) is 36.9 Å². The molecule has 0 saturated heterocycles. The Morgan fingerprint density at radius 1 is 1.27 bits per heavy atom. The summed E-state index contributed by atoms with van der Waals surface area (Å²) < 4.78 is 116. The number of nitrogens with one attached hydrogen (secondary N) is 1. The Hall–Kier alpha value is -1.42. The number of aliphatic hydroxyl groups is 1. The molecule has 2 atom stereocenters.